The quantitative estimate of drug-likeness (QED) is 0.303. The zero-order valence-electron chi connectivity index (χ0n) is 18.7. The summed E-state index contributed by atoms with van der Waals surface area (Å²) in [6.07, 6.45) is 3.07. The summed E-state index contributed by atoms with van der Waals surface area (Å²) in [6, 6.07) is 7.37. The van der Waals surface area contributed by atoms with E-state index in [0.717, 1.165) is 16.9 Å². The van der Waals surface area contributed by atoms with Crippen LogP contribution in [-0.2, 0) is 14.3 Å². The van der Waals surface area contributed by atoms with Gasteiger partial charge in [0, 0.05) is 25.3 Å². The fraction of sp³-hybridized carbons (Fsp3) is 0.458. The Kier molecular flexibility index (Phi) is 9.29. The SMILES string of the molecule is CCCOc1ccc(/C=C2/C(=O)N(CCCOCC)C(=O)C(C#N)=C2C)cc1OCC. The van der Waals surface area contributed by atoms with Gasteiger partial charge in [-0.1, -0.05) is 13.0 Å². The van der Waals surface area contributed by atoms with E-state index >= 15 is 0 Å². The van der Waals surface area contributed by atoms with Gasteiger partial charge >= 0.3 is 0 Å². The van der Waals surface area contributed by atoms with Gasteiger partial charge in [0.05, 0.1) is 13.2 Å². The number of rotatable bonds is 11. The molecule has 166 valence electrons. The van der Waals surface area contributed by atoms with Gasteiger partial charge in [-0.3, -0.25) is 14.5 Å². The molecule has 1 aromatic carbocycles. The number of imide groups is 1. The highest BCUT2D eigenvalue weighted by molar-refractivity contribution is 6.19. The molecule has 0 fully saturated rings. The Morgan fingerprint density at radius 3 is 2.45 bits per heavy atom. The fourth-order valence-corrected chi connectivity index (χ4v) is 3.18. The lowest BCUT2D eigenvalue weighted by Crippen LogP contribution is -2.43. The molecule has 0 radical (unpaired) electrons. The molecular weight excluding hydrogens is 396 g/mol. The summed E-state index contributed by atoms with van der Waals surface area (Å²) in [4.78, 5) is 26.9. The first kappa shape index (κ1) is 24.2. The van der Waals surface area contributed by atoms with Crippen molar-refractivity contribution in [3.05, 3.63) is 40.5 Å². The first-order chi connectivity index (χ1) is 15.0. The van der Waals surface area contributed by atoms with E-state index in [2.05, 4.69) is 0 Å². The van der Waals surface area contributed by atoms with Crippen LogP contribution in [0.15, 0.2) is 34.9 Å². The minimum absolute atomic E-state index is 0.0183. The number of ether oxygens (including phenoxy) is 3. The van der Waals surface area contributed by atoms with E-state index in [-0.39, 0.29) is 12.1 Å². The maximum atomic E-state index is 13.1. The van der Waals surface area contributed by atoms with Gasteiger partial charge in [-0.2, -0.15) is 5.26 Å². The molecule has 0 N–H and O–H groups in total. The van der Waals surface area contributed by atoms with Gasteiger partial charge in [-0.15, -0.1) is 0 Å². The second-order valence-corrected chi connectivity index (χ2v) is 6.97. The topological polar surface area (TPSA) is 88.9 Å². The molecule has 1 aromatic rings. The van der Waals surface area contributed by atoms with Crippen LogP contribution in [-0.4, -0.2) is 49.7 Å². The Hall–Kier alpha value is -3.11. The minimum atomic E-state index is -0.558. The van der Waals surface area contributed by atoms with Crippen LogP contribution in [0, 0.1) is 11.3 Å². The molecule has 0 unspecified atom stereocenters. The van der Waals surface area contributed by atoms with Gasteiger partial charge < -0.3 is 14.2 Å². The summed E-state index contributed by atoms with van der Waals surface area (Å²) in [7, 11) is 0. The third-order valence-corrected chi connectivity index (χ3v) is 4.74. The number of hydrogen-bond acceptors (Lipinski definition) is 6. The summed E-state index contributed by atoms with van der Waals surface area (Å²) in [6.45, 7) is 9.67. The number of nitrogens with zero attached hydrogens (tertiary/aromatic N) is 2. The van der Waals surface area contributed by atoms with Crippen molar-refractivity contribution in [2.75, 3.05) is 33.0 Å². The van der Waals surface area contributed by atoms with Crippen molar-refractivity contribution in [2.45, 2.75) is 40.5 Å². The molecule has 31 heavy (non-hydrogen) atoms. The van der Waals surface area contributed by atoms with Crippen molar-refractivity contribution >= 4 is 17.9 Å². The molecule has 1 aliphatic heterocycles. The Balaban J connectivity index is 2.40. The zero-order chi connectivity index (χ0) is 22.8. The van der Waals surface area contributed by atoms with Gasteiger partial charge in [0.15, 0.2) is 11.5 Å². The van der Waals surface area contributed by atoms with Crippen LogP contribution in [0.1, 0.15) is 46.1 Å². The summed E-state index contributed by atoms with van der Waals surface area (Å²) < 4.78 is 16.7. The van der Waals surface area contributed by atoms with Crippen LogP contribution in [0.25, 0.3) is 6.08 Å². The predicted molar refractivity (Wildman–Crippen MR) is 118 cm³/mol. The molecular formula is C24H30N2O5. The number of hydrogen-bond donors (Lipinski definition) is 0. The smallest absolute Gasteiger partial charge is 0.271 e. The Bertz CT molecular complexity index is 911. The lowest BCUT2D eigenvalue weighted by Gasteiger charge is -2.27. The second-order valence-electron chi connectivity index (χ2n) is 6.97. The Morgan fingerprint density at radius 1 is 1.03 bits per heavy atom. The maximum Gasteiger partial charge on any atom is 0.271 e. The monoisotopic (exact) mass is 426 g/mol. The molecule has 0 saturated heterocycles. The molecule has 2 rings (SSSR count). The zero-order valence-corrected chi connectivity index (χ0v) is 18.7. The van der Waals surface area contributed by atoms with Crippen molar-refractivity contribution < 1.29 is 23.8 Å². The van der Waals surface area contributed by atoms with E-state index in [1.54, 1.807) is 25.1 Å². The van der Waals surface area contributed by atoms with Gasteiger partial charge in [-0.25, -0.2) is 0 Å². The van der Waals surface area contributed by atoms with Crippen LogP contribution in [0.4, 0.5) is 0 Å². The van der Waals surface area contributed by atoms with Crippen LogP contribution in [0.2, 0.25) is 0 Å². The van der Waals surface area contributed by atoms with Crippen molar-refractivity contribution in [1.29, 1.82) is 5.26 Å². The largest absolute Gasteiger partial charge is 0.490 e. The third kappa shape index (κ3) is 5.96. The fourth-order valence-electron chi connectivity index (χ4n) is 3.18. The molecule has 1 heterocycles. The van der Waals surface area contributed by atoms with Crippen molar-refractivity contribution in [3.8, 4) is 17.6 Å². The predicted octanol–water partition coefficient (Wildman–Crippen LogP) is 3.89. The molecule has 0 spiro atoms. The first-order valence-electron chi connectivity index (χ1n) is 10.6. The molecule has 2 amide bonds. The molecule has 0 atom stereocenters. The third-order valence-electron chi connectivity index (χ3n) is 4.74. The average Bonchev–Trinajstić information content (AvgIpc) is 2.76. The lowest BCUT2D eigenvalue weighted by atomic mass is 9.93. The normalized spacial score (nSPS) is 15.5. The molecule has 7 heteroatoms. The molecule has 0 bridgehead atoms. The minimum Gasteiger partial charge on any atom is -0.490 e. The average molecular weight is 427 g/mol. The van der Waals surface area contributed by atoms with Gasteiger partial charge in [0.2, 0.25) is 0 Å². The summed E-state index contributed by atoms with van der Waals surface area (Å²) in [5.41, 5.74) is 1.39. The molecule has 1 aliphatic rings. The van der Waals surface area contributed by atoms with E-state index in [0.29, 0.717) is 55.5 Å². The van der Waals surface area contributed by atoms with E-state index in [9.17, 15) is 14.9 Å². The number of carbonyl (C=O) groups is 2. The second kappa shape index (κ2) is 11.9. The number of carbonyl (C=O) groups excluding carboxylic acids is 2. The standard InChI is InChI=1S/C24H30N2O5/c1-5-12-31-21-10-9-18(15-22(21)30-7-3)14-19-17(4)20(16-25)24(28)26(23(19)27)11-8-13-29-6-2/h9-10,14-15H,5-8,11-13H2,1-4H3/b19-14+. The van der Waals surface area contributed by atoms with Crippen molar-refractivity contribution in [1.82, 2.24) is 4.90 Å². The highest BCUT2D eigenvalue weighted by atomic mass is 16.5. The number of benzene rings is 1. The Labute approximate surface area is 183 Å². The first-order valence-corrected chi connectivity index (χ1v) is 10.6. The maximum absolute atomic E-state index is 13.1. The lowest BCUT2D eigenvalue weighted by molar-refractivity contribution is -0.140. The van der Waals surface area contributed by atoms with E-state index in [1.165, 1.54) is 0 Å². The van der Waals surface area contributed by atoms with Gasteiger partial charge in [0.25, 0.3) is 11.8 Å². The van der Waals surface area contributed by atoms with E-state index in [4.69, 9.17) is 14.2 Å². The highest BCUT2D eigenvalue weighted by Crippen LogP contribution is 2.32. The van der Waals surface area contributed by atoms with Crippen molar-refractivity contribution in [3.63, 3.8) is 0 Å². The van der Waals surface area contributed by atoms with Gasteiger partial charge in [0.1, 0.15) is 11.6 Å². The molecule has 0 aromatic heterocycles. The van der Waals surface area contributed by atoms with Gasteiger partial charge in [-0.05, 0) is 63.0 Å². The number of amides is 2. The van der Waals surface area contributed by atoms with Crippen LogP contribution in [0.5, 0.6) is 11.5 Å². The summed E-state index contributed by atoms with van der Waals surface area (Å²) in [5, 5.41) is 9.51. The molecule has 0 aliphatic carbocycles. The van der Waals surface area contributed by atoms with E-state index in [1.807, 2.05) is 32.9 Å². The van der Waals surface area contributed by atoms with Crippen LogP contribution >= 0.6 is 0 Å². The summed E-state index contributed by atoms with van der Waals surface area (Å²) >= 11 is 0. The van der Waals surface area contributed by atoms with Crippen LogP contribution in [0.3, 0.4) is 0 Å². The van der Waals surface area contributed by atoms with Crippen molar-refractivity contribution in [2.24, 2.45) is 0 Å². The number of nitriles is 1. The van der Waals surface area contributed by atoms with E-state index < -0.39 is 11.8 Å². The van der Waals surface area contributed by atoms with Crippen LogP contribution < -0.4 is 9.47 Å². The summed E-state index contributed by atoms with van der Waals surface area (Å²) in [5.74, 6) is 0.248. The highest BCUT2D eigenvalue weighted by Gasteiger charge is 2.35. The Morgan fingerprint density at radius 2 is 1.81 bits per heavy atom. The molecule has 7 nitrogen and oxygen atoms in total. The molecule has 0 saturated carbocycles.